The van der Waals surface area contributed by atoms with Crippen LogP contribution in [-0.2, 0) is 4.74 Å². The van der Waals surface area contributed by atoms with Gasteiger partial charge in [0.25, 0.3) is 0 Å². The maximum atomic E-state index is 11.7. The minimum Gasteiger partial charge on any atom is -0.494 e. The molecule has 0 saturated carbocycles. The van der Waals surface area contributed by atoms with Crippen LogP contribution in [0.3, 0.4) is 0 Å². The minimum absolute atomic E-state index is 0.0539. The highest BCUT2D eigenvalue weighted by Gasteiger charge is 2.19. The molecule has 0 aliphatic carbocycles. The predicted octanol–water partition coefficient (Wildman–Crippen LogP) is 3.13. The number of rotatable bonds is 4. The first-order valence-electron chi connectivity index (χ1n) is 6.23. The number of nitrogens with one attached hydrogen (secondary N) is 1. The molecule has 0 saturated heterocycles. The van der Waals surface area contributed by atoms with E-state index in [0.29, 0.717) is 12.4 Å². The molecule has 1 amide bonds. The van der Waals surface area contributed by atoms with Gasteiger partial charge in [-0.05, 0) is 45.9 Å². The van der Waals surface area contributed by atoms with E-state index in [4.69, 9.17) is 14.6 Å². The Balaban J connectivity index is 2.94. The molecule has 0 aliphatic heterocycles. The van der Waals surface area contributed by atoms with Crippen LogP contribution in [-0.4, -0.2) is 29.4 Å². The van der Waals surface area contributed by atoms with Crippen LogP contribution in [0.15, 0.2) is 18.2 Å². The van der Waals surface area contributed by atoms with Crippen molar-refractivity contribution in [1.82, 2.24) is 0 Å². The molecule has 0 spiro atoms. The van der Waals surface area contributed by atoms with Gasteiger partial charge in [0, 0.05) is 0 Å². The Hall–Kier alpha value is -2.24. The summed E-state index contributed by atoms with van der Waals surface area (Å²) < 4.78 is 10.3. The van der Waals surface area contributed by atoms with E-state index in [2.05, 4.69) is 5.32 Å². The van der Waals surface area contributed by atoms with Crippen molar-refractivity contribution in [3.63, 3.8) is 0 Å². The van der Waals surface area contributed by atoms with Crippen LogP contribution in [0.25, 0.3) is 0 Å². The normalized spacial score (nSPS) is 10.8. The van der Waals surface area contributed by atoms with Gasteiger partial charge in [0.2, 0.25) is 0 Å². The summed E-state index contributed by atoms with van der Waals surface area (Å²) in [6.07, 6.45) is -0.704. The van der Waals surface area contributed by atoms with Gasteiger partial charge in [0.1, 0.15) is 11.4 Å². The zero-order chi connectivity index (χ0) is 15.3. The summed E-state index contributed by atoms with van der Waals surface area (Å²) in [5.74, 6) is -0.725. The van der Waals surface area contributed by atoms with E-state index >= 15 is 0 Å². The number of ether oxygens (including phenoxy) is 2. The highest BCUT2D eigenvalue weighted by molar-refractivity contribution is 5.99. The van der Waals surface area contributed by atoms with Crippen molar-refractivity contribution in [2.75, 3.05) is 11.9 Å². The molecule has 1 rings (SSSR count). The molecule has 20 heavy (non-hydrogen) atoms. The van der Waals surface area contributed by atoms with Crippen molar-refractivity contribution in [2.24, 2.45) is 0 Å². The second-order valence-electron chi connectivity index (χ2n) is 5.07. The molecule has 0 fully saturated rings. The predicted molar refractivity (Wildman–Crippen MR) is 74.4 cm³/mol. The van der Waals surface area contributed by atoms with E-state index in [-0.39, 0.29) is 11.3 Å². The lowest BCUT2D eigenvalue weighted by molar-refractivity contribution is 0.0636. The maximum Gasteiger partial charge on any atom is 0.412 e. The highest BCUT2D eigenvalue weighted by atomic mass is 16.6. The molecule has 0 aliphatic rings. The summed E-state index contributed by atoms with van der Waals surface area (Å²) in [7, 11) is 0. The van der Waals surface area contributed by atoms with Gasteiger partial charge < -0.3 is 14.6 Å². The molecule has 0 radical (unpaired) electrons. The van der Waals surface area contributed by atoms with Crippen LogP contribution in [0.4, 0.5) is 10.5 Å². The lowest BCUT2D eigenvalue weighted by Gasteiger charge is -2.20. The molecule has 2 N–H and O–H groups in total. The van der Waals surface area contributed by atoms with Crippen LogP contribution in [0.1, 0.15) is 38.1 Å². The molecular formula is C14H19NO5. The summed E-state index contributed by atoms with van der Waals surface area (Å²) in [4.78, 5) is 22.9. The average Bonchev–Trinajstić information content (AvgIpc) is 2.28. The Morgan fingerprint density at radius 1 is 1.30 bits per heavy atom. The Bertz CT molecular complexity index is 505. The third-order valence-corrected chi connectivity index (χ3v) is 2.17. The number of carbonyl (C=O) groups is 2. The quantitative estimate of drug-likeness (QED) is 0.885. The van der Waals surface area contributed by atoms with Gasteiger partial charge in [0.05, 0.1) is 17.9 Å². The number of carboxylic acid groups (broad SMARTS) is 1. The monoisotopic (exact) mass is 281 g/mol. The zero-order valence-corrected chi connectivity index (χ0v) is 12.0. The number of carbonyl (C=O) groups excluding carboxylic acids is 1. The van der Waals surface area contributed by atoms with Gasteiger partial charge in [-0.25, -0.2) is 9.59 Å². The van der Waals surface area contributed by atoms with Gasteiger partial charge in [-0.3, -0.25) is 5.32 Å². The van der Waals surface area contributed by atoms with E-state index in [0.717, 1.165) is 0 Å². The fourth-order valence-electron chi connectivity index (χ4n) is 1.48. The van der Waals surface area contributed by atoms with E-state index in [1.807, 2.05) is 0 Å². The average molecular weight is 281 g/mol. The molecule has 6 heteroatoms. The lowest BCUT2D eigenvalue weighted by atomic mass is 10.1. The van der Waals surface area contributed by atoms with Crippen LogP contribution in [0, 0.1) is 0 Å². The highest BCUT2D eigenvalue weighted by Crippen LogP contribution is 2.23. The van der Waals surface area contributed by atoms with Crippen LogP contribution < -0.4 is 10.1 Å². The van der Waals surface area contributed by atoms with Crippen molar-refractivity contribution in [3.05, 3.63) is 23.8 Å². The van der Waals surface area contributed by atoms with Crippen molar-refractivity contribution in [1.29, 1.82) is 0 Å². The number of aromatic carboxylic acids is 1. The van der Waals surface area contributed by atoms with Gasteiger partial charge in [-0.1, -0.05) is 0 Å². The Morgan fingerprint density at radius 3 is 2.45 bits per heavy atom. The molecule has 0 unspecified atom stereocenters. The van der Waals surface area contributed by atoms with Gasteiger partial charge in [-0.2, -0.15) is 0 Å². The molecule has 1 aromatic carbocycles. The lowest BCUT2D eigenvalue weighted by Crippen LogP contribution is -2.27. The van der Waals surface area contributed by atoms with Crippen molar-refractivity contribution < 1.29 is 24.2 Å². The number of hydrogen-bond donors (Lipinski definition) is 2. The van der Waals surface area contributed by atoms with Crippen LogP contribution >= 0.6 is 0 Å². The standard InChI is InChI=1S/C14H19NO5/c1-5-19-9-6-7-11(10(8-9)12(16)17)15-13(18)20-14(2,3)4/h6-8H,5H2,1-4H3,(H,15,18)(H,16,17). The van der Waals surface area contributed by atoms with Crippen LogP contribution in [0.2, 0.25) is 0 Å². The molecule has 0 aromatic heterocycles. The SMILES string of the molecule is CCOc1ccc(NC(=O)OC(C)(C)C)c(C(=O)O)c1. The third-order valence-electron chi connectivity index (χ3n) is 2.17. The maximum absolute atomic E-state index is 11.7. The Kier molecular flexibility index (Phi) is 4.96. The van der Waals surface area contributed by atoms with Crippen molar-refractivity contribution in [3.8, 4) is 5.75 Å². The number of benzene rings is 1. The van der Waals surface area contributed by atoms with E-state index in [1.54, 1.807) is 33.8 Å². The molecule has 1 aromatic rings. The Labute approximate surface area is 117 Å². The number of carboxylic acids is 1. The summed E-state index contributed by atoms with van der Waals surface area (Å²) in [6, 6.07) is 4.42. The van der Waals surface area contributed by atoms with Gasteiger partial charge >= 0.3 is 12.1 Å². The van der Waals surface area contributed by atoms with E-state index in [9.17, 15) is 9.59 Å². The van der Waals surface area contributed by atoms with E-state index in [1.165, 1.54) is 12.1 Å². The zero-order valence-electron chi connectivity index (χ0n) is 12.0. The molecule has 110 valence electrons. The third kappa shape index (κ3) is 4.79. The summed E-state index contributed by atoms with van der Waals surface area (Å²) >= 11 is 0. The second kappa shape index (κ2) is 6.27. The van der Waals surface area contributed by atoms with E-state index < -0.39 is 17.7 Å². The number of anilines is 1. The molecule has 0 atom stereocenters. The van der Waals surface area contributed by atoms with Crippen LogP contribution in [0.5, 0.6) is 5.75 Å². The first kappa shape index (κ1) is 15.8. The fourth-order valence-corrected chi connectivity index (χ4v) is 1.48. The Morgan fingerprint density at radius 2 is 1.95 bits per heavy atom. The second-order valence-corrected chi connectivity index (χ2v) is 5.07. The first-order valence-corrected chi connectivity index (χ1v) is 6.23. The molecular weight excluding hydrogens is 262 g/mol. The van der Waals surface area contributed by atoms with Gasteiger partial charge in [0.15, 0.2) is 0 Å². The largest absolute Gasteiger partial charge is 0.494 e. The number of hydrogen-bond acceptors (Lipinski definition) is 4. The topological polar surface area (TPSA) is 84.9 Å². The van der Waals surface area contributed by atoms with Crippen molar-refractivity contribution >= 4 is 17.7 Å². The smallest absolute Gasteiger partial charge is 0.412 e. The molecule has 0 bridgehead atoms. The fraction of sp³-hybridized carbons (Fsp3) is 0.429. The van der Waals surface area contributed by atoms with Crippen molar-refractivity contribution in [2.45, 2.75) is 33.3 Å². The number of amides is 1. The minimum atomic E-state index is -1.15. The first-order chi connectivity index (χ1) is 9.23. The van der Waals surface area contributed by atoms with Gasteiger partial charge in [-0.15, -0.1) is 0 Å². The molecule has 6 nitrogen and oxygen atoms in total. The summed E-state index contributed by atoms with van der Waals surface area (Å²) in [5, 5.41) is 11.6. The molecule has 0 heterocycles. The summed E-state index contributed by atoms with van der Waals surface area (Å²) in [6.45, 7) is 7.40. The summed E-state index contributed by atoms with van der Waals surface area (Å²) in [5.41, 5.74) is -0.546.